The normalized spacial score (nSPS) is 14.4. The van der Waals surface area contributed by atoms with Gasteiger partial charge in [0.05, 0.1) is 11.9 Å². The summed E-state index contributed by atoms with van der Waals surface area (Å²) >= 11 is 0. The van der Waals surface area contributed by atoms with Crippen LogP contribution in [0.4, 0.5) is 5.82 Å². The first-order valence-electron chi connectivity index (χ1n) is 11.1. The minimum absolute atomic E-state index is 0.122. The van der Waals surface area contributed by atoms with E-state index >= 15 is 0 Å². The Balaban J connectivity index is 1.34. The average Bonchev–Trinajstić information content (AvgIpc) is 3.17. The van der Waals surface area contributed by atoms with Gasteiger partial charge in [0, 0.05) is 42.0 Å². The molecule has 0 radical (unpaired) electrons. The highest BCUT2D eigenvalue weighted by molar-refractivity contribution is 6.04. The zero-order valence-electron chi connectivity index (χ0n) is 18.7. The molecule has 0 saturated carbocycles. The summed E-state index contributed by atoms with van der Waals surface area (Å²) in [4.78, 5) is 25.9. The van der Waals surface area contributed by atoms with Gasteiger partial charge < -0.3 is 19.9 Å². The summed E-state index contributed by atoms with van der Waals surface area (Å²) in [6.45, 7) is 3.84. The third-order valence-electron chi connectivity index (χ3n) is 6.05. The lowest BCUT2D eigenvalue weighted by atomic mass is 10.1. The number of rotatable bonds is 5. The molecule has 0 unspecified atom stereocenters. The second-order valence-corrected chi connectivity index (χ2v) is 8.29. The number of fused-ring (bicyclic) bond motifs is 1. The van der Waals surface area contributed by atoms with Crippen molar-refractivity contribution in [2.45, 2.75) is 25.9 Å². The molecule has 33 heavy (non-hydrogen) atoms. The summed E-state index contributed by atoms with van der Waals surface area (Å²) in [7, 11) is 2.00. The quantitative estimate of drug-likeness (QED) is 0.489. The van der Waals surface area contributed by atoms with Gasteiger partial charge in [-0.25, -0.2) is 15.0 Å². The van der Waals surface area contributed by atoms with Crippen LogP contribution in [-0.2, 0) is 7.05 Å². The van der Waals surface area contributed by atoms with Crippen molar-refractivity contribution in [2.24, 2.45) is 7.05 Å². The maximum Gasteiger partial charge on any atom is 0.257 e. The molecular formula is C25H26N6O2. The van der Waals surface area contributed by atoms with Crippen molar-refractivity contribution >= 4 is 22.5 Å². The minimum Gasteiger partial charge on any atom is -0.474 e. The van der Waals surface area contributed by atoms with Crippen molar-refractivity contribution in [3.05, 3.63) is 66.4 Å². The van der Waals surface area contributed by atoms with E-state index in [2.05, 4.69) is 42.3 Å². The first-order chi connectivity index (χ1) is 16.1. The van der Waals surface area contributed by atoms with E-state index in [0.717, 1.165) is 53.8 Å². The van der Waals surface area contributed by atoms with Gasteiger partial charge in [-0.3, -0.25) is 4.79 Å². The van der Waals surface area contributed by atoms with Crippen LogP contribution in [-0.4, -0.2) is 44.6 Å². The minimum atomic E-state index is -0.252. The van der Waals surface area contributed by atoms with Gasteiger partial charge in [-0.1, -0.05) is 12.1 Å². The molecule has 2 N–H and O–H groups in total. The highest BCUT2D eigenvalue weighted by Crippen LogP contribution is 2.26. The van der Waals surface area contributed by atoms with Gasteiger partial charge in [0.1, 0.15) is 17.7 Å². The lowest BCUT2D eigenvalue weighted by Crippen LogP contribution is -2.34. The molecule has 5 rings (SSSR count). The number of aryl methyl sites for hydroxylation is 1. The molecule has 0 aliphatic carbocycles. The Bertz CT molecular complexity index is 1310. The number of nitrogens with one attached hydrogen (secondary N) is 2. The Labute approximate surface area is 192 Å². The number of imidazole rings is 1. The monoisotopic (exact) mass is 442 g/mol. The molecule has 3 aromatic heterocycles. The van der Waals surface area contributed by atoms with Crippen LogP contribution in [0.5, 0.6) is 5.88 Å². The van der Waals surface area contributed by atoms with E-state index in [4.69, 9.17) is 4.74 Å². The van der Waals surface area contributed by atoms with Crippen LogP contribution in [0.1, 0.15) is 29.0 Å². The lowest BCUT2D eigenvalue weighted by Gasteiger charge is -2.23. The number of hydrogen-bond donors (Lipinski definition) is 2. The summed E-state index contributed by atoms with van der Waals surface area (Å²) in [5, 5.41) is 8.19. The largest absolute Gasteiger partial charge is 0.474 e. The van der Waals surface area contributed by atoms with E-state index in [1.807, 2.05) is 32.3 Å². The second-order valence-electron chi connectivity index (χ2n) is 8.29. The predicted octanol–water partition coefficient (Wildman–Crippen LogP) is 3.72. The fourth-order valence-electron chi connectivity index (χ4n) is 4.03. The number of amides is 1. The molecule has 8 nitrogen and oxygen atoms in total. The smallest absolute Gasteiger partial charge is 0.257 e. The van der Waals surface area contributed by atoms with E-state index < -0.39 is 0 Å². The van der Waals surface area contributed by atoms with E-state index in [1.54, 1.807) is 24.5 Å². The Morgan fingerprint density at radius 1 is 1.06 bits per heavy atom. The molecule has 1 amide bonds. The van der Waals surface area contributed by atoms with Crippen molar-refractivity contribution in [1.82, 2.24) is 24.8 Å². The van der Waals surface area contributed by atoms with Crippen molar-refractivity contribution in [1.29, 1.82) is 0 Å². The van der Waals surface area contributed by atoms with Crippen LogP contribution in [0.15, 0.2) is 55.0 Å². The number of ether oxygens (including phenoxy) is 1. The number of aromatic nitrogens is 4. The summed E-state index contributed by atoms with van der Waals surface area (Å²) in [5.74, 6) is 1.66. The van der Waals surface area contributed by atoms with Gasteiger partial charge in [0.25, 0.3) is 5.91 Å². The number of nitrogens with zero attached hydrogens (tertiary/aromatic N) is 4. The number of carbonyl (C=O) groups is 1. The highest BCUT2D eigenvalue weighted by atomic mass is 16.5. The average molecular weight is 443 g/mol. The lowest BCUT2D eigenvalue weighted by molar-refractivity contribution is 0.102. The fraction of sp³-hybridized carbons (Fsp3) is 0.280. The molecule has 4 aromatic rings. The SMILES string of the molecule is Cc1ncc(-c2ccc3cnc(NC(=O)c4ccnc(OC5CCNCC5)c4)cc3c2)n1C. The molecule has 1 saturated heterocycles. The zero-order valence-corrected chi connectivity index (χ0v) is 18.7. The maximum absolute atomic E-state index is 12.9. The highest BCUT2D eigenvalue weighted by Gasteiger charge is 2.16. The number of piperidine rings is 1. The molecule has 1 aromatic carbocycles. The Kier molecular flexibility index (Phi) is 5.75. The van der Waals surface area contributed by atoms with Gasteiger partial charge in [-0.2, -0.15) is 0 Å². The third kappa shape index (κ3) is 4.56. The number of anilines is 1. The number of carbonyl (C=O) groups excluding carboxylic acids is 1. The Hall–Kier alpha value is -3.78. The van der Waals surface area contributed by atoms with Crippen LogP contribution >= 0.6 is 0 Å². The number of pyridine rings is 2. The molecule has 0 atom stereocenters. The molecule has 1 fully saturated rings. The third-order valence-corrected chi connectivity index (χ3v) is 6.05. The first-order valence-corrected chi connectivity index (χ1v) is 11.1. The van der Waals surface area contributed by atoms with Crippen molar-refractivity contribution in [3.63, 3.8) is 0 Å². The summed E-state index contributed by atoms with van der Waals surface area (Å²) < 4.78 is 8.02. The molecule has 8 heteroatoms. The predicted molar refractivity (Wildman–Crippen MR) is 127 cm³/mol. The summed E-state index contributed by atoms with van der Waals surface area (Å²) in [6.07, 6.45) is 7.21. The first kappa shape index (κ1) is 21.1. The number of benzene rings is 1. The van der Waals surface area contributed by atoms with Crippen molar-refractivity contribution in [3.8, 4) is 17.1 Å². The zero-order chi connectivity index (χ0) is 22.8. The van der Waals surface area contributed by atoms with Crippen molar-refractivity contribution in [2.75, 3.05) is 18.4 Å². The Morgan fingerprint density at radius 3 is 2.70 bits per heavy atom. The van der Waals surface area contributed by atoms with Gasteiger partial charge in [-0.15, -0.1) is 0 Å². The van der Waals surface area contributed by atoms with Crippen LogP contribution < -0.4 is 15.4 Å². The van der Waals surface area contributed by atoms with E-state index in [-0.39, 0.29) is 12.0 Å². The fourth-order valence-corrected chi connectivity index (χ4v) is 4.03. The number of hydrogen-bond acceptors (Lipinski definition) is 6. The van der Waals surface area contributed by atoms with Crippen LogP contribution in [0.3, 0.4) is 0 Å². The molecule has 0 bridgehead atoms. The molecule has 168 valence electrons. The van der Waals surface area contributed by atoms with Crippen LogP contribution in [0.25, 0.3) is 22.0 Å². The van der Waals surface area contributed by atoms with E-state index in [0.29, 0.717) is 17.3 Å². The summed E-state index contributed by atoms with van der Waals surface area (Å²) in [5.41, 5.74) is 2.58. The van der Waals surface area contributed by atoms with E-state index in [9.17, 15) is 4.79 Å². The molecular weight excluding hydrogens is 416 g/mol. The standard InChI is InChI=1S/C25H26N6O2/c1-16-28-15-22(31(16)2)17-3-4-19-14-29-23(12-20(19)11-17)30-25(32)18-5-10-27-24(13-18)33-21-6-8-26-9-7-21/h3-5,10-15,21,26H,6-9H2,1-2H3,(H,29,30,32). The maximum atomic E-state index is 12.9. The van der Waals surface area contributed by atoms with Gasteiger partial charge in [0.15, 0.2) is 0 Å². The van der Waals surface area contributed by atoms with Crippen LogP contribution in [0, 0.1) is 6.92 Å². The Morgan fingerprint density at radius 2 is 1.91 bits per heavy atom. The molecule has 4 heterocycles. The topological polar surface area (TPSA) is 94.0 Å². The molecule has 1 aliphatic heterocycles. The molecule has 1 aliphatic rings. The summed E-state index contributed by atoms with van der Waals surface area (Å²) in [6, 6.07) is 11.4. The van der Waals surface area contributed by atoms with Gasteiger partial charge in [-0.05, 0) is 56.4 Å². The van der Waals surface area contributed by atoms with Crippen molar-refractivity contribution < 1.29 is 9.53 Å². The van der Waals surface area contributed by atoms with Crippen LogP contribution in [0.2, 0.25) is 0 Å². The van der Waals surface area contributed by atoms with Gasteiger partial charge >= 0.3 is 0 Å². The molecule has 0 spiro atoms. The van der Waals surface area contributed by atoms with Gasteiger partial charge in [0.2, 0.25) is 5.88 Å². The second kappa shape index (κ2) is 8.99. The van der Waals surface area contributed by atoms with E-state index in [1.165, 1.54) is 0 Å².